The molecule has 1 rings (SSSR count). The molecule has 0 fully saturated rings. The number of rotatable bonds is 4. The molecule has 0 aliphatic carbocycles. The van der Waals surface area contributed by atoms with Crippen LogP contribution >= 0.6 is 0 Å². The molecule has 1 aromatic carbocycles. The van der Waals surface area contributed by atoms with Crippen LogP contribution in [0.25, 0.3) is 0 Å². The van der Waals surface area contributed by atoms with Crippen LogP contribution in [0.1, 0.15) is 22.0 Å². The second-order valence-corrected chi connectivity index (χ2v) is 3.14. The number of aldehydes is 1. The maximum atomic E-state index is 12.8. The highest BCUT2D eigenvalue weighted by Crippen LogP contribution is 2.20. The van der Waals surface area contributed by atoms with Crippen LogP contribution in [0.2, 0.25) is 0 Å². The Hall–Kier alpha value is -1.30. The highest BCUT2D eigenvalue weighted by Gasteiger charge is 2.19. The van der Waals surface area contributed by atoms with Gasteiger partial charge in [0.05, 0.1) is 6.10 Å². The first-order chi connectivity index (χ1) is 7.10. The van der Waals surface area contributed by atoms with E-state index in [0.29, 0.717) is 6.29 Å². The SMILES string of the molecule is NCC(O)C(O)c1ccc(F)cc1C=O. The number of halogens is 1. The van der Waals surface area contributed by atoms with Crippen molar-refractivity contribution in [2.45, 2.75) is 12.2 Å². The largest absolute Gasteiger partial charge is 0.389 e. The molecule has 0 bridgehead atoms. The van der Waals surface area contributed by atoms with Gasteiger partial charge >= 0.3 is 0 Å². The number of aliphatic hydroxyl groups is 2. The van der Waals surface area contributed by atoms with Crippen LogP contribution < -0.4 is 5.73 Å². The van der Waals surface area contributed by atoms with Gasteiger partial charge in [0.25, 0.3) is 0 Å². The van der Waals surface area contributed by atoms with Crippen molar-refractivity contribution < 1.29 is 19.4 Å². The van der Waals surface area contributed by atoms with Crippen LogP contribution in [0, 0.1) is 5.82 Å². The van der Waals surface area contributed by atoms with Gasteiger partial charge in [0, 0.05) is 12.1 Å². The first-order valence-corrected chi connectivity index (χ1v) is 4.41. The van der Waals surface area contributed by atoms with E-state index in [2.05, 4.69) is 0 Å². The Morgan fingerprint density at radius 2 is 2.13 bits per heavy atom. The predicted molar refractivity (Wildman–Crippen MR) is 51.8 cm³/mol. The second-order valence-electron chi connectivity index (χ2n) is 3.14. The maximum absolute atomic E-state index is 12.8. The topological polar surface area (TPSA) is 83.6 Å². The molecule has 82 valence electrons. The molecule has 0 aromatic heterocycles. The minimum absolute atomic E-state index is 0.00926. The number of benzene rings is 1. The van der Waals surface area contributed by atoms with E-state index in [1.807, 2.05) is 0 Å². The second kappa shape index (κ2) is 4.97. The fourth-order valence-corrected chi connectivity index (χ4v) is 1.25. The molecule has 0 saturated carbocycles. The van der Waals surface area contributed by atoms with Gasteiger partial charge in [-0.3, -0.25) is 4.79 Å². The van der Waals surface area contributed by atoms with Crippen molar-refractivity contribution in [3.8, 4) is 0 Å². The Balaban J connectivity index is 3.07. The van der Waals surface area contributed by atoms with Gasteiger partial charge in [-0.2, -0.15) is 0 Å². The van der Waals surface area contributed by atoms with Crippen molar-refractivity contribution in [1.29, 1.82) is 0 Å². The third kappa shape index (κ3) is 2.59. The van der Waals surface area contributed by atoms with Crippen LogP contribution in [0.3, 0.4) is 0 Å². The Morgan fingerprint density at radius 3 is 2.67 bits per heavy atom. The van der Waals surface area contributed by atoms with Crippen molar-refractivity contribution in [2.75, 3.05) is 6.54 Å². The summed E-state index contributed by atoms with van der Waals surface area (Å²) >= 11 is 0. The average molecular weight is 213 g/mol. The highest BCUT2D eigenvalue weighted by molar-refractivity contribution is 5.77. The zero-order valence-electron chi connectivity index (χ0n) is 7.93. The van der Waals surface area contributed by atoms with E-state index in [-0.39, 0.29) is 17.7 Å². The number of carbonyl (C=O) groups excluding carboxylic acids is 1. The van der Waals surface area contributed by atoms with Gasteiger partial charge in [-0.05, 0) is 17.7 Å². The maximum Gasteiger partial charge on any atom is 0.150 e. The molecule has 5 heteroatoms. The predicted octanol–water partition coefficient (Wildman–Crippen LogP) is -0.00880. The molecule has 1 aromatic rings. The molecule has 0 spiro atoms. The van der Waals surface area contributed by atoms with Crippen LogP contribution in [-0.4, -0.2) is 29.1 Å². The van der Waals surface area contributed by atoms with E-state index in [4.69, 9.17) is 5.73 Å². The number of hydrogen-bond donors (Lipinski definition) is 3. The monoisotopic (exact) mass is 213 g/mol. The zero-order chi connectivity index (χ0) is 11.4. The average Bonchev–Trinajstić information content (AvgIpc) is 2.26. The van der Waals surface area contributed by atoms with Crippen molar-refractivity contribution in [2.24, 2.45) is 5.73 Å². The van der Waals surface area contributed by atoms with Crippen LogP contribution in [-0.2, 0) is 0 Å². The molecule has 2 unspecified atom stereocenters. The molecule has 0 aliphatic heterocycles. The molecule has 0 saturated heterocycles. The van der Waals surface area contributed by atoms with Gasteiger partial charge in [-0.15, -0.1) is 0 Å². The molecule has 2 atom stereocenters. The fraction of sp³-hybridized carbons (Fsp3) is 0.300. The van der Waals surface area contributed by atoms with E-state index >= 15 is 0 Å². The summed E-state index contributed by atoms with van der Waals surface area (Å²) < 4.78 is 12.8. The van der Waals surface area contributed by atoms with E-state index in [9.17, 15) is 19.4 Å². The summed E-state index contributed by atoms with van der Waals surface area (Å²) in [5, 5.41) is 18.9. The van der Waals surface area contributed by atoms with E-state index in [0.717, 1.165) is 12.1 Å². The normalized spacial score (nSPS) is 14.7. The van der Waals surface area contributed by atoms with Crippen molar-refractivity contribution in [3.05, 3.63) is 35.1 Å². The summed E-state index contributed by atoms with van der Waals surface area (Å²) in [6, 6.07) is 3.35. The number of carbonyl (C=O) groups is 1. The lowest BCUT2D eigenvalue weighted by Crippen LogP contribution is -2.27. The third-order valence-corrected chi connectivity index (χ3v) is 2.10. The lowest BCUT2D eigenvalue weighted by atomic mass is 9.99. The van der Waals surface area contributed by atoms with Gasteiger partial charge in [-0.25, -0.2) is 4.39 Å². The van der Waals surface area contributed by atoms with Gasteiger partial charge < -0.3 is 15.9 Å². The van der Waals surface area contributed by atoms with Gasteiger partial charge in [0.2, 0.25) is 0 Å². The number of nitrogens with two attached hydrogens (primary N) is 1. The molecule has 0 amide bonds. The smallest absolute Gasteiger partial charge is 0.150 e. The van der Waals surface area contributed by atoms with Gasteiger partial charge in [-0.1, -0.05) is 6.07 Å². The molecule has 4 nitrogen and oxygen atoms in total. The lowest BCUT2D eigenvalue weighted by Gasteiger charge is -2.17. The molecular weight excluding hydrogens is 201 g/mol. The Bertz CT molecular complexity index is 357. The standard InChI is InChI=1S/C10H12FNO3/c11-7-1-2-8(6(3-7)5-13)10(15)9(14)4-12/h1-3,5,9-10,14-15H,4,12H2. The summed E-state index contributed by atoms with van der Waals surface area (Å²) in [6.45, 7) is -0.142. The van der Waals surface area contributed by atoms with Gasteiger partial charge in [0.15, 0.2) is 6.29 Å². The summed E-state index contributed by atoms with van der Waals surface area (Å²) in [5.41, 5.74) is 5.34. The minimum Gasteiger partial charge on any atom is -0.389 e. The molecule has 15 heavy (non-hydrogen) atoms. The van der Waals surface area contributed by atoms with E-state index in [1.165, 1.54) is 6.07 Å². The first kappa shape index (κ1) is 11.8. The first-order valence-electron chi connectivity index (χ1n) is 4.41. The Morgan fingerprint density at radius 1 is 1.47 bits per heavy atom. The molecule has 0 heterocycles. The van der Waals surface area contributed by atoms with Crippen LogP contribution in [0.5, 0.6) is 0 Å². The molecular formula is C10H12FNO3. The molecule has 0 aliphatic rings. The summed E-state index contributed by atoms with van der Waals surface area (Å²) in [4.78, 5) is 10.6. The summed E-state index contributed by atoms with van der Waals surface area (Å²) in [7, 11) is 0. The quantitative estimate of drug-likeness (QED) is 0.614. The fourth-order valence-electron chi connectivity index (χ4n) is 1.25. The minimum atomic E-state index is -1.28. The van der Waals surface area contributed by atoms with E-state index in [1.54, 1.807) is 0 Å². The van der Waals surface area contributed by atoms with Gasteiger partial charge in [0.1, 0.15) is 11.9 Å². The summed E-state index contributed by atoms with van der Waals surface area (Å²) in [5.74, 6) is -0.574. The summed E-state index contributed by atoms with van der Waals surface area (Å²) in [6.07, 6.45) is -2.03. The van der Waals surface area contributed by atoms with Crippen molar-refractivity contribution in [3.63, 3.8) is 0 Å². The van der Waals surface area contributed by atoms with E-state index < -0.39 is 18.0 Å². The van der Waals surface area contributed by atoms with Crippen molar-refractivity contribution >= 4 is 6.29 Å². The Labute approximate surface area is 86.1 Å². The zero-order valence-corrected chi connectivity index (χ0v) is 7.93. The van der Waals surface area contributed by atoms with Crippen molar-refractivity contribution in [1.82, 2.24) is 0 Å². The third-order valence-electron chi connectivity index (χ3n) is 2.10. The highest BCUT2D eigenvalue weighted by atomic mass is 19.1. The lowest BCUT2D eigenvalue weighted by molar-refractivity contribution is 0.0239. The molecule has 0 radical (unpaired) electrons. The Kier molecular flexibility index (Phi) is 3.90. The van der Waals surface area contributed by atoms with Crippen LogP contribution in [0.15, 0.2) is 18.2 Å². The van der Waals surface area contributed by atoms with Crippen LogP contribution in [0.4, 0.5) is 4.39 Å². The number of hydrogen-bond acceptors (Lipinski definition) is 4. The molecule has 4 N–H and O–H groups in total. The number of aliphatic hydroxyl groups excluding tert-OH is 2.